The Morgan fingerprint density at radius 3 is 2.58 bits per heavy atom. The number of aliphatic imine (C=N–C) groups is 1. The molecule has 1 aliphatic rings. The fourth-order valence-corrected chi connectivity index (χ4v) is 2.95. The van der Waals surface area contributed by atoms with Gasteiger partial charge >= 0.3 is 0 Å². The number of rotatable bonds is 4. The van der Waals surface area contributed by atoms with E-state index >= 15 is 0 Å². The summed E-state index contributed by atoms with van der Waals surface area (Å²) in [6.45, 7) is 0.434. The van der Waals surface area contributed by atoms with Gasteiger partial charge in [0.05, 0.1) is 19.4 Å². The highest BCUT2D eigenvalue weighted by atomic mass is 32.2. The van der Waals surface area contributed by atoms with Crippen LogP contribution in [-0.4, -0.2) is 23.7 Å². The summed E-state index contributed by atoms with van der Waals surface area (Å²) >= 11 is 1.47. The summed E-state index contributed by atoms with van der Waals surface area (Å²) < 4.78 is 31.6. The van der Waals surface area contributed by atoms with Gasteiger partial charge in [-0.25, -0.2) is 8.78 Å². The number of amidine groups is 1. The number of hydrogen-bond donors (Lipinski definition) is 1. The van der Waals surface area contributed by atoms with Crippen molar-refractivity contribution in [3.8, 4) is 5.75 Å². The smallest absolute Gasteiger partial charge is 0.177 e. The molecule has 0 spiro atoms. The van der Waals surface area contributed by atoms with E-state index in [-0.39, 0.29) is 11.6 Å². The summed E-state index contributed by atoms with van der Waals surface area (Å²) in [4.78, 5) is 4.41. The molecule has 124 valence electrons. The standard InChI is InChI=1S/C17H15F2N3OS/c1-23-16-7-6-13(19)8-14(16)15-10-24-17(22-21-15)20-9-11-2-4-12(18)5-3-11/h2-8H,9-10H2,1H3,(H,20,22). The molecule has 2 aromatic carbocycles. The summed E-state index contributed by atoms with van der Waals surface area (Å²) in [5.41, 5.74) is 5.09. The zero-order valence-corrected chi connectivity index (χ0v) is 13.7. The molecule has 0 bridgehead atoms. The molecule has 3 rings (SSSR count). The van der Waals surface area contributed by atoms with Crippen LogP contribution in [0.1, 0.15) is 11.1 Å². The van der Waals surface area contributed by atoms with Gasteiger partial charge in [0, 0.05) is 11.3 Å². The Bertz CT molecular complexity index is 791. The molecule has 0 unspecified atom stereocenters. The van der Waals surface area contributed by atoms with Crippen LogP contribution < -0.4 is 10.2 Å². The maximum atomic E-state index is 13.5. The van der Waals surface area contributed by atoms with Crippen molar-refractivity contribution in [2.24, 2.45) is 10.1 Å². The largest absolute Gasteiger partial charge is 0.496 e. The Balaban J connectivity index is 1.71. The highest BCUT2D eigenvalue weighted by Gasteiger charge is 2.17. The molecule has 2 aromatic rings. The van der Waals surface area contributed by atoms with Crippen LogP contribution in [-0.2, 0) is 6.54 Å². The first kappa shape index (κ1) is 16.4. The first-order chi connectivity index (χ1) is 11.7. The number of nitrogens with one attached hydrogen (secondary N) is 1. The molecule has 0 amide bonds. The maximum absolute atomic E-state index is 13.5. The number of ether oxygens (including phenoxy) is 1. The highest BCUT2D eigenvalue weighted by Crippen LogP contribution is 2.23. The molecule has 7 heteroatoms. The topological polar surface area (TPSA) is 46.0 Å². The minimum Gasteiger partial charge on any atom is -0.496 e. The number of nitrogens with zero attached hydrogens (tertiary/aromatic N) is 2. The van der Waals surface area contributed by atoms with E-state index in [0.29, 0.717) is 34.5 Å². The summed E-state index contributed by atoms with van der Waals surface area (Å²) in [5, 5.41) is 4.93. The van der Waals surface area contributed by atoms with E-state index in [2.05, 4.69) is 15.5 Å². The van der Waals surface area contributed by atoms with E-state index in [1.807, 2.05) is 0 Å². The van der Waals surface area contributed by atoms with Crippen molar-refractivity contribution in [2.75, 3.05) is 12.9 Å². The number of halogens is 2. The lowest BCUT2D eigenvalue weighted by molar-refractivity contribution is 0.412. The predicted molar refractivity (Wildman–Crippen MR) is 92.6 cm³/mol. The zero-order valence-electron chi connectivity index (χ0n) is 12.9. The third kappa shape index (κ3) is 3.91. The van der Waals surface area contributed by atoms with Gasteiger partial charge in [-0.2, -0.15) is 5.10 Å². The molecule has 4 nitrogen and oxygen atoms in total. The Kier molecular flexibility index (Phi) is 5.10. The fourth-order valence-electron chi connectivity index (χ4n) is 2.19. The minimum atomic E-state index is -0.339. The average Bonchev–Trinajstić information content (AvgIpc) is 2.62. The van der Waals surface area contributed by atoms with Gasteiger partial charge in [-0.3, -0.25) is 10.4 Å². The molecule has 0 aliphatic carbocycles. The van der Waals surface area contributed by atoms with E-state index in [0.717, 1.165) is 5.56 Å². The van der Waals surface area contributed by atoms with E-state index in [1.54, 1.807) is 18.2 Å². The second kappa shape index (κ2) is 7.44. The lowest BCUT2D eigenvalue weighted by atomic mass is 10.1. The molecule has 1 aliphatic heterocycles. The summed E-state index contributed by atoms with van der Waals surface area (Å²) in [6.07, 6.45) is 0. The zero-order chi connectivity index (χ0) is 16.9. The predicted octanol–water partition coefficient (Wildman–Crippen LogP) is 3.57. The first-order valence-corrected chi connectivity index (χ1v) is 8.22. The lowest BCUT2D eigenvalue weighted by Crippen LogP contribution is -2.25. The highest BCUT2D eigenvalue weighted by molar-refractivity contribution is 8.14. The van der Waals surface area contributed by atoms with Crippen LogP contribution in [0, 0.1) is 11.6 Å². The van der Waals surface area contributed by atoms with E-state index < -0.39 is 0 Å². The van der Waals surface area contributed by atoms with E-state index in [1.165, 1.54) is 43.1 Å². The molecule has 0 radical (unpaired) electrons. The van der Waals surface area contributed by atoms with Gasteiger partial charge in [0.2, 0.25) is 0 Å². The maximum Gasteiger partial charge on any atom is 0.177 e. The third-order valence-electron chi connectivity index (χ3n) is 3.42. The molecule has 0 saturated heterocycles. The lowest BCUT2D eigenvalue weighted by Gasteiger charge is -2.16. The van der Waals surface area contributed by atoms with Gasteiger partial charge in [0.1, 0.15) is 17.4 Å². The van der Waals surface area contributed by atoms with Gasteiger partial charge < -0.3 is 4.74 Å². The number of hydrazone groups is 1. The second-order valence-electron chi connectivity index (χ2n) is 5.05. The van der Waals surface area contributed by atoms with Crippen LogP contribution in [0.5, 0.6) is 5.75 Å². The number of methoxy groups -OCH3 is 1. The van der Waals surface area contributed by atoms with Crippen LogP contribution in [0.15, 0.2) is 52.6 Å². The van der Waals surface area contributed by atoms with Crippen LogP contribution in [0.2, 0.25) is 0 Å². The van der Waals surface area contributed by atoms with Gasteiger partial charge in [-0.1, -0.05) is 23.9 Å². The molecular formula is C17H15F2N3OS. The van der Waals surface area contributed by atoms with Gasteiger partial charge in [-0.05, 0) is 35.9 Å². The summed E-state index contributed by atoms with van der Waals surface area (Å²) in [7, 11) is 1.54. The van der Waals surface area contributed by atoms with E-state index in [4.69, 9.17) is 4.74 Å². The van der Waals surface area contributed by atoms with Gasteiger partial charge in [0.25, 0.3) is 0 Å². The monoisotopic (exact) mass is 347 g/mol. The van der Waals surface area contributed by atoms with Crippen molar-refractivity contribution in [3.63, 3.8) is 0 Å². The van der Waals surface area contributed by atoms with Crippen molar-refractivity contribution in [3.05, 3.63) is 65.2 Å². The molecule has 1 N–H and O–H groups in total. The molecule has 1 heterocycles. The minimum absolute atomic E-state index is 0.269. The molecular weight excluding hydrogens is 332 g/mol. The molecule has 0 aromatic heterocycles. The summed E-state index contributed by atoms with van der Waals surface area (Å²) in [6, 6.07) is 10.5. The molecule has 0 atom stereocenters. The van der Waals surface area contributed by atoms with Gasteiger partial charge in [0.15, 0.2) is 5.17 Å². The molecule has 0 fully saturated rings. The van der Waals surface area contributed by atoms with Crippen molar-refractivity contribution in [1.29, 1.82) is 0 Å². The van der Waals surface area contributed by atoms with Crippen LogP contribution >= 0.6 is 11.8 Å². The number of benzene rings is 2. The summed E-state index contributed by atoms with van der Waals surface area (Å²) in [5.74, 6) is 0.517. The normalized spacial score (nSPS) is 15.8. The quantitative estimate of drug-likeness (QED) is 0.920. The number of thioether (sulfide) groups is 1. The van der Waals surface area contributed by atoms with Crippen LogP contribution in [0.25, 0.3) is 0 Å². The first-order valence-electron chi connectivity index (χ1n) is 7.24. The Morgan fingerprint density at radius 2 is 1.92 bits per heavy atom. The Labute approximate surface area is 142 Å². The average molecular weight is 347 g/mol. The van der Waals surface area contributed by atoms with Crippen LogP contribution in [0.4, 0.5) is 8.78 Å². The Morgan fingerprint density at radius 1 is 1.17 bits per heavy atom. The fraction of sp³-hybridized carbons (Fsp3) is 0.176. The van der Waals surface area contributed by atoms with Crippen molar-refractivity contribution < 1.29 is 13.5 Å². The number of hydrogen-bond acceptors (Lipinski definition) is 4. The molecule has 24 heavy (non-hydrogen) atoms. The van der Waals surface area contributed by atoms with Gasteiger partial charge in [-0.15, -0.1) is 0 Å². The van der Waals surface area contributed by atoms with Crippen molar-refractivity contribution in [1.82, 2.24) is 5.43 Å². The molecule has 0 saturated carbocycles. The van der Waals surface area contributed by atoms with Crippen molar-refractivity contribution >= 4 is 22.6 Å². The Hall–Kier alpha value is -2.41. The third-order valence-corrected chi connectivity index (χ3v) is 4.33. The van der Waals surface area contributed by atoms with Crippen LogP contribution in [0.3, 0.4) is 0 Å². The van der Waals surface area contributed by atoms with E-state index in [9.17, 15) is 8.78 Å². The SMILES string of the molecule is COc1ccc(F)cc1C1=NNC(=NCc2ccc(F)cc2)SC1. The second-order valence-corrected chi connectivity index (χ2v) is 6.02. The van der Waals surface area contributed by atoms with Crippen molar-refractivity contribution in [2.45, 2.75) is 6.54 Å².